The molecule has 0 spiro atoms. The van der Waals surface area contributed by atoms with Gasteiger partial charge in [0.15, 0.2) is 11.6 Å². The largest absolute Gasteiger partial charge is 0.368 e. The molecule has 0 fully saturated rings. The average molecular weight is 326 g/mol. The van der Waals surface area contributed by atoms with Gasteiger partial charge >= 0.3 is 0 Å². The first-order valence-electron chi connectivity index (χ1n) is 6.43. The lowest BCUT2D eigenvalue weighted by Gasteiger charge is -2.27. The van der Waals surface area contributed by atoms with Crippen molar-refractivity contribution in [2.24, 2.45) is 0 Å². The minimum atomic E-state index is -3.93. The van der Waals surface area contributed by atoms with Crippen LogP contribution >= 0.6 is 0 Å². The lowest BCUT2D eigenvalue weighted by atomic mass is 10.1. The third kappa shape index (κ3) is 2.53. The number of fused-ring (bicyclic) bond motifs is 1. The molecule has 0 atom stereocenters. The van der Waals surface area contributed by atoms with Crippen LogP contribution in [-0.4, -0.2) is 29.2 Å². The molecule has 1 aliphatic heterocycles. The number of nitrogens with zero attached hydrogens (tertiary/aromatic N) is 3. The van der Waals surface area contributed by atoms with E-state index in [-0.39, 0.29) is 23.9 Å². The number of sulfonamides is 1. The SMILES string of the molecule is Nc1ncc2c(n1)CN(S(=O)(=O)c1ccc(F)c(F)c1)CC2. The molecular weight excluding hydrogens is 314 g/mol. The van der Waals surface area contributed by atoms with Gasteiger partial charge in [0, 0.05) is 12.7 Å². The van der Waals surface area contributed by atoms with E-state index in [2.05, 4.69) is 9.97 Å². The molecule has 6 nitrogen and oxygen atoms in total. The summed E-state index contributed by atoms with van der Waals surface area (Å²) in [6.07, 6.45) is 2.00. The van der Waals surface area contributed by atoms with Gasteiger partial charge in [-0.1, -0.05) is 0 Å². The van der Waals surface area contributed by atoms with E-state index in [1.54, 1.807) is 6.20 Å². The van der Waals surface area contributed by atoms with E-state index < -0.39 is 21.7 Å². The van der Waals surface area contributed by atoms with Crippen LogP contribution < -0.4 is 5.73 Å². The summed E-state index contributed by atoms with van der Waals surface area (Å²) >= 11 is 0. The van der Waals surface area contributed by atoms with Crippen molar-refractivity contribution in [3.8, 4) is 0 Å². The maximum Gasteiger partial charge on any atom is 0.243 e. The number of rotatable bonds is 2. The Balaban J connectivity index is 1.95. The van der Waals surface area contributed by atoms with Crippen molar-refractivity contribution in [2.75, 3.05) is 12.3 Å². The van der Waals surface area contributed by atoms with Crippen LogP contribution in [0.5, 0.6) is 0 Å². The minimum Gasteiger partial charge on any atom is -0.368 e. The van der Waals surface area contributed by atoms with E-state index in [1.807, 2.05) is 0 Å². The fourth-order valence-electron chi connectivity index (χ4n) is 2.29. The summed E-state index contributed by atoms with van der Waals surface area (Å²) in [4.78, 5) is 7.60. The van der Waals surface area contributed by atoms with Crippen molar-refractivity contribution < 1.29 is 17.2 Å². The van der Waals surface area contributed by atoms with Gasteiger partial charge in [-0.15, -0.1) is 0 Å². The van der Waals surface area contributed by atoms with Gasteiger partial charge in [0.25, 0.3) is 0 Å². The van der Waals surface area contributed by atoms with Crippen LogP contribution in [0.25, 0.3) is 0 Å². The molecule has 0 unspecified atom stereocenters. The van der Waals surface area contributed by atoms with Crippen LogP contribution in [0.3, 0.4) is 0 Å². The Morgan fingerprint density at radius 1 is 1.23 bits per heavy atom. The van der Waals surface area contributed by atoms with Gasteiger partial charge in [0.05, 0.1) is 17.1 Å². The quantitative estimate of drug-likeness (QED) is 0.892. The second kappa shape index (κ2) is 5.25. The van der Waals surface area contributed by atoms with Gasteiger partial charge in [0.2, 0.25) is 16.0 Å². The Morgan fingerprint density at radius 3 is 2.73 bits per heavy atom. The van der Waals surface area contributed by atoms with Crippen molar-refractivity contribution in [1.29, 1.82) is 0 Å². The molecule has 2 aromatic rings. The minimum absolute atomic E-state index is 0.0172. The number of hydrogen-bond donors (Lipinski definition) is 1. The first-order chi connectivity index (χ1) is 10.4. The number of benzene rings is 1. The first-order valence-corrected chi connectivity index (χ1v) is 7.87. The van der Waals surface area contributed by atoms with Crippen LogP contribution in [-0.2, 0) is 23.0 Å². The maximum atomic E-state index is 13.3. The van der Waals surface area contributed by atoms with Gasteiger partial charge in [-0.2, -0.15) is 4.31 Å². The van der Waals surface area contributed by atoms with Crippen molar-refractivity contribution in [3.05, 3.63) is 47.3 Å². The Kier molecular flexibility index (Phi) is 3.53. The number of aromatic nitrogens is 2. The highest BCUT2D eigenvalue weighted by molar-refractivity contribution is 7.89. The molecule has 0 aliphatic carbocycles. The van der Waals surface area contributed by atoms with Crippen molar-refractivity contribution in [2.45, 2.75) is 17.9 Å². The molecule has 1 aliphatic rings. The Labute approximate surface area is 125 Å². The lowest BCUT2D eigenvalue weighted by molar-refractivity contribution is 0.384. The van der Waals surface area contributed by atoms with E-state index in [9.17, 15) is 17.2 Å². The summed E-state index contributed by atoms with van der Waals surface area (Å²) in [7, 11) is -3.93. The summed E-state index contributed by atoms with van der Waals surface area (Å²) in [6, 6.07) is 2.51. The fourth-order valence-corrected chi connectivity index (χ4v) is 3.70. The molecule has 0 saturated heterocycles. The number of halogens is 2. The first kappa shape index (κ1) is 14.8. The molecule has 0 saturated carbocycles. The molecule has 0 amide bonds. The highest BCUT2D eigenvalue weighted by Crippen LogP contribution is 2.24. The predicted molar refractivity (Wildman–Crippen MR) is 74.1 cm³/mol. The third-order valence-corrected chi connectivity index (χ3v) is 5.30. The zero-order valence-corrected chi connectivity index (χ0v) is 12.1. The third-order valence-electron chi connectivity index (χ3n) is 3.46. The number of nitrogens with two attached hydrogens (primary N) is 1. The zero-order valence-electron chi connectivity index (χ0n) is 11.3. The van der Waals surface area contributed by atoms with Crippen molar-refractivity contribution in [1.82, 2.24) is 14.3 Å². The highest BCUT2D eigenvalue weighted by Gasteiger charge is 2.30. The molecule has 116 valence electrons. The van der Waals surface area contributed by atoms with E-state index in [4.69, 9.17) is 5.73 Å². The zero-order chi connectivity index (χ0) is 15.9. The molecule has 22 heavy (non-hydrogen) atoms. The molecule has 1 aromatic heterocycles. The summed E-state index contributed by atoms with van der Waals surface area (Å²) in [5.74, 6) is -2.24. The van der Waals surface area contributed by atoms with Gasteiger partial charge in [-0.05, 0) is 30.2 Å². The molecule has 0 radical (unpaired) electrons. The van der Waals surface area contributed by atoms with E-state index in [0.717, 1.165) is 22.0 Å². The Bertz CT molecular complexity index is 842. The molecule has 0 bridgehead atoms. The molecule has 2 N–H and O–H groups in total. The fraction of sp³-hybridized carbons (Fsp3) is 0.231. The molecule has 9 heteroatoms. The summed E-state index contributed by atoms with van der Waals surface area (Å²) in [6.45, 7) is 0.227. The standard InChI is InChI=1S/C13H12F2N4O2S/c14-10-2-1-9(5-11(10)15)22(20,21)19-4-3-8-6-17-13(16)18-12(8)7-19/h1-2,5-6H,3-4,7H2,(H2,16,17,18). The molecule has 2 heterocycles. The predicted octanol–water partition coefficient (Wildman–Crippen LogP) is 1.08. The highest BCUT2D eigenvalue weighted by atomic mass is 32.2. The van der Waals surface area contributed by atoms with Crippen molar-refractivity contribution >= 4 is 16.0 Å². The summed E-state index contributed by atoms with van der Waals surface area (Å²) < 4.78 is 52.4. The second-order valence-corrected chi connectivity index (χ2v) is 6.80. The summed E-state index contributed by atoms with van der Waals surface area (Å²) in [5.41, 5.74) is 6.85. The van der Waals surface area contributed by atoms with E-state index >= 15 is 0 Å². The second-order valence-electron chi connectivity index (χ2n) is 4.86. The van der Waals surface area contributed by atoms with Crippen LogP contribution in [0.15, 0.2) is 29.3 Å². The van der Waals surface area contributed by atoms with Crippen LogP contribution in [0.1, 0.15) is 11.3 Å². The molecule has 3 rings (SSSR count). The monoisotopic (exact) mass is 326 g/mol. The van der Waals surface area contributed by atoms with Gasteiger partial charge < -0.3 is 5.73 Å². The van der Waals surface area contributed by atoms with Gasteiger partial charge in [-0.3, -0.25) is 0 Å². The average Bonchev–Trinajstić information content (AvgIpc) is 2.49. The number of hydrogen-bond acceptors (Lipinski definition) is 5. The van der Waals surface area contributed by atoms with Gasteiger partial charge in [0.1, 0.15) is 0 Å². The van der Waals surface area contributed by atoms with E-state index in [1.165, 1.54) is 0 Å². The molecular formula is C13H12F2N4O2S. The maximum absolute atomic E-state index is 13.3. The molecule has 1 aromatic carbocycles. The lowest BCUT2D eigenvalue weighted by Crippen LogP contribution is -2.36. The van der Waals surface area contributed by atoms with Crippen molar-refractivity contribution in [3.63, 3.8) is 0 Å². The smallest absolute Gasteiger partial charge is 0.243 e. The number of nitrogen functional groups attached to an aromatic ring is 1. The normalized spacial score (nSPS) is 15.5. The van der Waals surface area contributed by atoms with Gasteiger partial charge in [-0.25, -0.2) is 27.2 Å². The van der Waals surface area contributed by atoms with E-state index in [0.29, 0.717) is 18.2 Å². The Hall–Kier alpha value is -2.13. The van der Waals surface area contributed by atoms with Crippen LogP contribution in [0.4, 0.5) is 14.7 Å². The Morgan fingerprint density at radius 2 is 2.00 bits per heavy atom. The summed E-state index contributed by atoms with van der Waals surface area (Å²) in [5, 5.41) is 0. The number of anilines is 1. The van der Waals surface area contributed by atoms with Crippen LogP contribution in [0.2, 0.25) is 0 Å². The topological polar surface area (TPSA) is 89.2 Å². The van der Waals surface area contributed by atoms with Crippen LogP contribution in [0, 0.1) is 11.6 Å².